The van der Waals surface area contributed by atoms with Gasteiger partial charge < -0.3 is 18.9 Å². The summed E-state index contributed by atoms with van der Waals surface area (Å²) in [5.41, 5.74) is 0.180. The minimum absolute atomic E-state index is 0. The van der Waals surface area contributed by atoms with Crippen LogP contribution in [0, 0.1) is 0 Å². The van der Waals surface area contributed by atoms with Crippen LogP contribution in [-0.2, 0) is 0 Å². The molecule has 0 aliphatic heterocycles. The standard InChI is InChI=1S/C17H18ClO5P.Li.H/c1-20-10-8-13(22-3)16(14(9-10)23-4)24-17(19)15-11(18)6-5-7-12(15)21-2;;/h5-9,24H,1-4H3;;. The fourth-order valence-electron chi connectivity index (χ4n) is 2.20. The van der Waals surface area contributed by atoms with Gasteiger partial charge in [-0.1, -0.05) is 17.7 Å². The van der Waals surface area contributed by atoms with Crippen molar-refractivity contribution in [2.45, 2.75) is 0 Å². The molecule has 1 unspecified atom stereocenters. The van der Waals surface area contributed by atoms with Crippen molar-refractivity contribution < 1.29 is 23.7 Å². The molecule has 5 nitrogen and oxygen atoms in total. The molecule has 0 spiro atoms. The van der Waals surface area contributed by atoms with E-state index in [-0.39, 0.29) is 33.0 Å². The SMILES string of the molecule is COc1cc(OC)c(PC(=O)c2c(Cl)cccc2OC)c(OC)c1.[LiH]. The number of ether oxygens (including phenoxy) is 4. The van der Waals surface area contributed by atoms with E-state index < -0.39 is 0 Å². The number of carbonyl (C=O) groups excluding carboxylic acids is 1. The number of methoxy groups -OCH3 is 4. The van der Waals surface area contributed by atoms with E-state index in [4.69, 9.17) is 30.5 Å². The van der Waals surface area contributed by atoms with Crippen molar-refractivity contribution in [3.63, 3.8) is 0 Å². The van der Waals surface area contributed by atoms with E-state index in [2.05, 4.69) is 0 Å². The summed E-state index contributed by atoms with van der Waals surface area (Å²) in [7, 11) is 5.86. The van der Waals surface area contributed by atoms with Crippen molar-refractivity contribution in [1.29, 1.82) is 0 Å². The van der Waals surface area contributed by atoms with E-state index in [1.54, 1.807) is 37.4 Å². The van der Waals surface area contributed by atoms with Gasteiger partial charge >= 0.3 is 18.9 Å². The summed E-state index contributed by atoms with van der Waals surface area (Å²) in [4.78, 5) is 12.8. The van der Waals surface area contributed by atoms with Crippen molar-refractivity contribution in [1.82, 2.24) is 0 Å². The van der Waals surface area contributed by atoms with E-state index in [0.29, 0.717) is 38.9 Å². The zero-order valence-electron chi connectivity index (χ0n) is 13.8. The normalized spacial score (nSPS) is 10.3. The average Bonchev–Trinajstić information content (AvgIpc) is 2.61. The van der Waals surface area contributed by atoms with Crippen molar-refractivity contribution in [2.75, 3.05) is 28.4 Å². The Morgan fingerprint density at radius 1 is 0.920 bits per heavy atom. The Kier molecular flexibility index (Phi) is 8.62. The predicted molar refractivity (Wildman–Crippen MR) is 104 cm³/mol. The van der Waals surface area contributed by atoms with Gasteiger partial charge in [-0.2, -0.15) is 0 Å². The van der Waals surface area contributed by atoms with Gasteiger partial charge in [-0.05, 0) is 20.7 Å². The second-order valence-corrected chi connectivity index (χ2v) is 6.29. The Labute approximate surface area is 165 Å². The quantitative estimate of drug-likeness (QED) is 0.549. The van der Waals surface area contributed by atoms with E-state index in [1.807, 2.05) is 0 Å². The summed E-state index contributed by atoms with van der Waals surface area (Å²) in [5.74, 6) is 2.05. The van der Waals surface area contributed by atoms with Crippen LogP contribution in [0.5, 0.6) is 23.0 Å². The molecule has 0 fully saturated rings. The van der Waals surface area contributed by atoms with Crippen LogP contribution in [0.25, 0.3) is 0 Å². The van der Waals surface area contributed by atoms with Gasteiger partial charge in [-0.3, -0.25) is 4.79 Å². The van der Waals surface area contributed by atoms with Gasteiger partial charge in [0.2, 0.25) is 0 Å². The molecule has 0 heterocycles. The van der Waals surface area contributed by atoms with Crippen LogP contribution in [0.3, 0.4) is 0 Å². The van der Waals surface area contributed by atoms with E-state index in [0.717, 1.165) is 0 Å². The Balaban J connectivity index is 0.00000312. The number of hydrogen-bond donors (Lipinski definition) is 0. The first kappa shape index (κ1) is 21.7. The van der Waals surface area contributed by atoms with Gasteiger partial charge in [-0.25, -0.2) is 0 Å². The minimum atomic E-state index is -0.248. The molecule has 0 N–H and O–H groups in total. The van der Waals surface area contributed by atoms with Gasteiger partial charge in [0.25, 0.3) is 0 Å². The summed E-state index contributed by atoms with van der Waals surface area (Å²) < 4.78 is 21.2. The van der Waals surface area contributed by atoms with Crippen LogP contribution in [0.4, 0.5) is 0 Å². The third-order valence-corrected chi connectivity index (χ3v) is 4.91. The number of rotatable bonds is 7. The molecule has 2 aromatic carbocycles. The first-order chi connectivity index (χ1) is 11.5. The van der Waals surface area contributed by atoms with Crippen LogP contribution < -0.4 is 24.3 Å². The molecule has 2 aromatic rings. The third kappa shape index (κ3) is 4.83. The Morgan fingerprint density at radius 2 is 1.48 bits per heavy atom. The summed E-state index contributed by atoms with van der Waals surface area (Å²) >= 11 is 6.19. The topological polar surface area (TPSA) is 54.0 Å². The molecule has 25 heavy (non-hydrogen) atoms. The maximum absolute atomic E-state index is 12.8. The van der Waals surface area contributed by atoms with Gasteiger partial charge in [0.05, 0.1) is 44.3 Å². The number of carbonyl (C=O) groups is 1. The molecule has 0 aliphatic carbocycles. The number of benzene rings is 2. The molecule has 0 bridgehead atoms. The Hall–Kier alpha value is -1.37. The molecule has 130 valence electrons. The van der Waals surface area contributed by atoms with Crippen molar-refractivity contribution in [3.05, 3.63) is 40.9 Å². The Bertz CT molecular complexity index is 729. The van der Waals surface area contributed by atoms with Gasteiger partial charge in [-0.15, -0.1) is 0 Å². The monoisotopic (exact) mass is 376 g/mol. The molecular formula is C17H19ClLiO5P. The predicted octanol–water partition coefficient (Wildman–Crippen LogP) is 2.87. The summed E-state index contributed by atoms with van der Waals surface area (Å²) in [6.07, 6.45) is 0. The molecule has 0 saturated heterocycles. The average molecular weight is 377 g/mol. The molecule has 2 rings (SSSR count). The third-order valence-electron chi connectivity index (χ3n) is 3.38. The van der Waals surface area contributed by atoms with Crippen LogP contribution >= 0.6 is 20.2 Å². The van der Waals surface area contributed by atoms with Crippen molar-refractivity contribution in [3.8, 4) is 23.0 Å². The first-order valence-electron chi connectivity index (χ1n) is 6.99. The molecule has 0 amide bonds. The molecule has 0 aliphatic rings. The van der Waals surface area contributed by atoms with Gasteiger partial charge in [0, 0.05) is 12.1 Å². The van der Waals surface area contributed by atoms with Crippen molar-refractivity contribution in [2.24, 2.45) is 0 Å². The zero-order chi connectivity index (χ0) is 17.7. The molecule has 0 aromatic heterocycles. The molecular weight excluding hydrogens is 358 g/mol. The van der Waals surface area contributed by atoms with Crippen LogP contribution in [0.2, 0.25) is 5.02 Å². The summed E-state index contributed by atoms with van der Waals surface area (Å²) in [5, 5.41) is 0.992. The maximum atomic E-state index is 12.8. The Morgan fingerprint density at radius 3 is 1.96 bits per heavy atom. The fourth-order valence-corrected chi connectivity index (χ4v) is 3.74. The van der Waals surface area contributed by atoms with Crippen molar-refractivity contribution >= 4 is 49.9 Å². The van der Waals surface area contributed by atoms with Gasteiger partial charge in [0.15, 0.2) is 5.52 Å². The second kappa shape index (κ2) is 9.94. The first-order valence-corrected chi connectivity index (χ1v) is 8.37. The number of halogens is 1. The molecule has 0 saturated carbocycles. The zero-order valence-corrected chi connectivity index (χ0v) is 15.6. The molecule has 0 radical (unpaired) electrons. The second-order valence-electron chi connectivity index (χ2n) is 4.68. The summed E-state index contributed by atoms with van der Waals surface area (Å²) in [6, 6.07) is 8.51. The molecule has 8 heteroatoms. The number of hydrogen-bond acceptors (Lipinski definition) is 5. The van der Waals surface area contributed by atoms with E-state index in [1.165, 1.54) is 21.3 Å². The van der Waals surface area contributed by atoms with Crippen LogP contribution in [0.15, 0.2) is 30.3 Å². The van der Waals surface area contributed by atoms with Crippen LogP contribution in [-0.4, -0.2) is 52.8 Å². The fraction of sp³-hybridized carbons (Fsp3) is 0.235. The summed E-state index contributed by atoms with van der Waals surface area (Å²) in [6.45, 7) is 0. The van der Waals surface area contributed by atoms with Crippen LogP contribution in [0.1, 0.15) is 10.4 Å². The van der Waals surface area contributed by atoms with E-state index >= 15 is 0 Å². The molecule has 1 atom stereocenters. The van der Waals surface area contributed by atoms with E-state index in [9.17, 15) is 4.79 Å². The van der Waals surface area contributed by atoms with Gasteiger partial charge in [0.1, 0.15) is 23.0 Å².